The molecule has 0 unspecified atom stereocenters. The van der Waals surface area contributed by atoms with Crippen molar-refractivity contribution in [3.05, 3.63) is 16.1 Å². The monoisotopic (exact) mass is 338 g/mol. The van der Waals surface area contributed by atoms with Crippen molar-refractivity contribution in [2.75, 3.05) is 13.1 Å². The molecule has 2 fully saturated rings. The Kier molecular flexibility index (Phi) is 5.15. The number of carbonyl (C=O) groups is 2. The molecule has 1 aliphatic heterocycles. The number of ether oxygens (including phenoxy) is 1. The van der Waals surface area contributed by atoms with Gasteiger partial charge in [-0.15, -0.1) is 11.3 Å². The molecule has 0 spiro atoms. The molecular formula is C16H22N2O4S. The van der Waals surface area contributed by atoms with Gasteiger partial charge in [-0.2, -0.15) is 0 Å². The van der Waals surface area contributed by atoms with Gasteiger partial charge in [0.05, 0.1) is 5.01 Å². The number of likely N-dealkylation sites (tertiary alicyclic amines) is 1. The van der Waals surface area contributed by atoms with E-state index in [-0.39, 0.29) is 18.0 Å². The van der Waals surface area contributed by atoms with Crippen LogP contribution in [0, 0.1) is 0 Å². The van der Waals surface area contributed by atoms with E-state index in [2.05, 4.69) is 4.98 Å². The Bertz CT molecular complexity index is 560. The van der Waals surface area contributed by atoms with Gasteiger partial charge in [0.2, 0.25) is 0 Å². The highest BCUT2D eigenvalue weighted by Crippen LogP contribution is 2.31. The zero-order valence-electron chi connectivity index (χ0n) is 13.1. The number of esters is 1. The summed E-state index contributed by atoms with van der Waals surface area (Å²) in [6.45, 7) is 1.06. The van der Waals surface area contributed by atoms with E-state index in [0.29, 0.717) is 18.8 Å². The fourth-order valence-corrected chi connectivity index (χ4v) is 4.24. The summed E-state index contributed by atoms with van der Waals surface area (Å²) in [6.07, 6.45) is 6.09. The third kappa shape index (κ3) is 4.02. The molecule has 1 aromatic heterocycles. The summed E-state index contributed by atoms with van der Waals surface area (Å²) in [4.78, 5) is 29.0. The zero-order chi connectivity index (χ0) is 16.2. The van der Waals surface area contributed by atoms with Crippen LogP contribution in [0.2, 0.25) is 0 Å². The number of carbonyl (C=O) groups excluding carboxylic acids is 1. The molecule has 1 aromatic rings. The van der Waals surface area contributed by atoms with Gasteiger partial charge in [-0.25, -0.2) is 14.6 Å². The zero-order valence-corrected chi connectivity index (χ0v) is 13.9. The van der Waals surface area contributed by atoms with Crippen LogP contribution in [0.5, 0.6) is 0 Å². The number of aromatic nitrogens is 1. The molecule has 23 heavy (non-hydrogen) atoms. The third-order valence-corrected chi connectivity index (χ3v) is 5.68. The number of carboxylic acid groups (broad SMARTS) is 1. The maximum atomic E-state index is 12.2. The van der Waals surface area contributed by atoms with Gasteiger partial charge in [0.15, 0.2) is 5.69 Å². The van der Waals surface area contributed by atoms with E-state index in [9.17, 15) is 9.59 Å². The van der Waals surface area contributed by atoms with Gasteiger partial charge in [-0.3, -0.25) is 0 Å². The SMILES string of the molecule is O=C(OC1CCCCC1)c1csc(C2CCN(C(=O)O)CC2)n1. The highest BCUT2D eigenvalue weighted by atomic mass is 32.1. The fraction of sp³-hybridized carbons (Fsp3) is 0.688. The molecule has 2 aliphatic rings. The van der Waals surface area contributed by atoms with Crippen LogP contribution >= 0.6 is 11.3 Å². The molecular weight excluding hydrogens is 316 g/mol. The highest BCUT2D eigenvalue weighted by Gasteiger charge is 2.27. The van der Waals surface area contributed by atoms with Gasteiger partial charge in [0, 0.05) is 24.4 Å². The maximum Gasteiger partial charge on any atom is 0.407 e. The van der Waals surface area contributed by atoms with Crippen LogP contribution in [0.4, 0.5) is 4.79 Å². The number of hydrogen-bond acceptors (Lipinski definition) is 5. The van der Waals surface area contributed by atoms with E-state index in [0.717, 1.165) is 43.5 Å². The first-order chi connectivity index (χ1) is 11.1. The Morgan fingerprint density at radius 1 is 1.17 bits per heavy atom. The average molecular weight is 338 g/mol. The first-order valence-electron chi connectivity index (χ1n) is 8.28. The Hall–Kier alpha value is -1.63. The second-order valence-electron chi connectivity index (χ2n) is 6.28. The molecule has 1 amide bonds. The molecule has 2 heterocycles. The van der Waals surface area contributed by atoms with Crippen molar-refractivity contribution < 1.29 is 19.4 Å². The lowest BCUT2D eigenvalue weighted by atomic mass is 9.98. The van der Waals surface area contributed by atoms with Crippen LogP contribution < -0.4 is 0 Å². The molecule has 6 nitrogen and oxygen atoms in total. The van der Waals surface area contributed by atoms with Crippen molar-refractivity contribution in [3.63, 3.8) is 0 Å². The van der Waals surface area contributed by atoms with Gasteiger partial charge < -0.3 is 14.7 Å². The van der Waals surface area contributed by atoms with Crippen LogP contribution in [-0.2, 0) is 4.74 Å². The van der Waals surface area contributed by atoms with E-state index < -0.39 is 6.09 Å². The molecule has 1 N–H and O–H groups in total. The minimum absolute atomic E-state index is 0.0419. The Labute approximate surface area is 139 Å². The number of rotatable bonds is 3. The smallest absolute Gasteiger partial charge is 0.407 e. The lowest BCUT2D eigenvalue weighted by Crippen LogP contribution is -2.36. The second-order valence-corrected chi connectivity index (χ2v) is 7.17. The van der Waals surface area contributed by atoms with E-state index in [1.807, 2.05) is 0 Å². The lowest BCUT2D eigenvalue weighted by Gasteiger charge is -2.28. The van der Waals surface area contributed by atoms with Crippen LogP contribution in [-0.4, -0.2) is 46.2 Å². The highest BCUT2D eigenvalue weighted by molar-refractivity contribution is 7.09. The predicted molar refractivity (Wildman–Crippen MR) is 86.0 cm³/mol. The van der Waals surface area contributed by atoms with E-state index in [1.54, 1.807) is 5.38 Å². The normalized spacial score (nSPS) is 20.4. The standard InChI is InChI=1S/C16H22N2O4S/c19-15(22-12-4-2-1-3-5-12)13-10-23-14(17-13)11-6-8-18(9-7-11)16(20)21/h10-12H,1-9H2,(H,20,21). The Morgan fingerprint density at radius 2 is 1.87 bits per heavy atom. The first kappa shape index (κ1) is 16.2. The number of amides is 1. The average Bonchev–Trinajstić information content (AvgIpc) is 3.06. The largest absolute Gasteiger partial charge is 0.465 e. The summed E-state index contributed by atoms with van der Waals surface area (Å²) >= 11 is 1.48. The second kappa shape index (κ2) is 7.29. The van der Waals surface area contributed by atoms with Gasteiger partial charge in [0.25, 0.3) is 0 Å². The van der Waals surface area contributed by atoms with Crippen LogP contribution in [0.25, 0.3) is 0 Å². The molecule has 7 heteroatoms. The van der Waals surface area contributed by atoms with Crippen molar-refractivity contribution in [1.29, 1.82) is 0 Å². The minimum atomic E-state index is -0.862. The van der Waals surface area contributed by atoms with Crippen molar-refractivity contribution in [2.24, 2.45) is 0 Å². The minimum Gasteiger partial charge on any atom is -0.465 e. The van der Waals surface area contributed by atoms with Crippen LogP contribution in [0.15, 0.2) is 5.38 Å². The molecule has 0 aromatic carbocycles. The molecule has 0 bridgehead atoms. The van der Waals surface area contributed by atoms with Crippen LogP contribution in [0.1, 0.15) is 66.4 Å². The van der Waals surface area contributed by atoms with Crippen molar-refractivity contribution in [2.45, 2.75) is 57.0 Å². The number of thiazole rings is 1. The van der Waals surface area contributed by atoms with Gasteiger partial charge in [-0.1, -0.05) is 6.42 Å². The molecule has 0 atom stereocenters. The molecule has 3 rings (SSSR count). The van der Waals surface area contributed by atoms with E-state index in [4.69, 9.17) is 9.84 Å². The quantitative estimate of drug-likeness (QED) is 0.853. The number of hydrogen-bond donors (Lipinski definition) is 1. The maximum absolute atomic E-state index is 12.2. The predicted octanol–water partition coefficient (Wildman–Crippen LogP) is 3.49. The number of nitrogens with zero attached hydrogens (tertiary/aromatic N) is 2. The fourth-order valence-electron chi connectivity index (χ4n) is 3.28. The van der Waals surface area contributed by atoms with Crippen LogP contribution in [0.3, 0.4) is 0 Å². The summed E-state index contributed by atoms with van der Waals surface area (Å²) in [7, 11) is 0. The summed E-state index contributed by atoms with van der Waals surface area (Å²) in [6, 6.07) is 0. The van der Waals surface area contributed by atoms with Gasteiger partial charge >= 0.3 is 12.1 Å². The third-order valence-electron chi connectivity index (χ3n) is 4.67. The van der Waals surface area contributed by atoms with E-state index >= 15 is 0 Å². The Balaban J connectivity index is 1.55. The number of piperidine rings is 1. The Morgan fingerprint density at radius 3 is 2.52 bits per heavy atom. The summed E-state index contributed by atoms with van der Waals surface area (Å²) in [5.74, 6) is -0.0748. The molecule has 126 valence electrons. The summed E-state index contributed by atoms with van der Waals surface area (Å²) in [5, 5.41) is 11.7. The van der Waals surface area contributed by atoms with Crippen molar-refractivity contribution >= 4 is 23.4 Å². The molecule has 1 aliphatic carbocycles. The summed E-state index contributed by atoms with van der Waals surface area (Å²) < 4.78 is 5.55. The molecule has 0 radical (unpaired) electrons. The lowest BCUT2D eigenvalue weighted by molar-refractivity contribution is 0.0205. The van der Waals surface area contributed by atoms with E-state index in [1.165, 1.54) is 22.7 Å². The van der Waals surface area contributed by atoms with Gasteiger partial charge in [-0.05, 0) is 38.5 Å². The topological polar surface area (TPSA) is 79.7 Å². The summed E-state index contributed by atoms with van der Waals surface area (Å²) in [5.41, 5.74) is 0.399. The molecule has 1 saturated heterocycles. The van der Waals surface area contributed by atoms with Gasteiger partial charge in [0.1, 0.15) is 6.10 Å². The first-order valence-corrected chi connectivity index (χ1v) is 9.15. The molecule has 1 saturated carbocycles. The van der Waals surface area contributed by atoms with Crippen molar-refractivity contribution in [3.8, 4) is 0 Å². The van der Waals surface area contributed by atoms with Crippen molar-refractivity contribution in [1.82, 2.24) is 9.88 Å².